The smallest absolute Gasteiger partial charge is 0.282 e. The lowest BCUT2D eigenvalue weighted by molar-refractivity contribution is 0.192. The second kappa shape index (κ2) is 5.83. The minimum Gasteiger partial charge on any atom is -0.329 e. The summed E-state index contributed by atoms with van der Waals surface area (Å²) in [4.78, 5) is 2.16. The Balaban J connectivity index is 2.09. The first-order valence-electron chi connectivity index (χ1n) is 6.71. The highest BCUT2D eigenvalue weighted by atomic mass is 32.2. The summed E-state index contributed by atoms with van der Waals surface area (Å²) in [5, 5.41) is 0. The van der Waals surface area contributed by atoms with Crippen LogP contribution in [-0.4, -0.2) is 74.3 Å². The molecule has 0 aromatic carbocycles. The van der Waals surface area contributed by atoms with E-state index in [4.69, 9.17) is 5.73 Å². The SMILES string of the molecule is CN1CCN(S(=O)(=O)N2CCCCC2CN)CC1. The van der Waals surface area contributed by atoms with E-state index in [0.717, 1.165) is 32.4 Å². The Hall–Kier alpha value is -0.210. The zero-order valence-electron chi connectivity index (χ0n) is 11.1. The third kappa shape index (κ3) is 2.85. The lowest BCUT2D eigenvalue weighted by atomic mass is 10.1. The fourth-order valence-corrected chi connectivity index (χ4v) is 4.53. The fraction of sp³-hybridized carbons (Fsp3) is 1.00. The molecule has 0 aromatic rings. The summed E-state index contributed by atoms with van der Waals surface area (Å²) in [6.45, 7) is 3.84. The summed E-state index contributed by atoms with van der Waals surface area (Å²) < 4.78 is 28.4. The molecule has 18 heavy (non-hydrogen) atoms. The molecule has 2 rings (SSSR count). The summed E-state index contributed by atoms with van der Waals surface area (Å²) in [6.07, 6.45) is 2.92. The molecule has 2 N–H and O–H groups in total. The Labute approximate surface area is 110 Å². The molecule has 7 heteroatoms. The van der Waals surface area contributed by atoms with Crippen molar-refractivity contribution in [1.29, 1.82) is 0 Å². The number of piperidine rings is 1. The average molecular weight is 276 g/mol. The van der Waals surface area contributed by atoms with E-state index >= 15 is 0 Å². The minimum atomic E-state index is -3.31. The van der Waals surface area contributed by atoms with Gasteiger partial charge in [-0.3, -0.25) is 0 Å². The second-order valence-electron chi connectivity index (χ2n) is 5.21. The van der Waals surface area contributed by atoms with Crippen LogP contribution < -0.4 is 5.73 Å². The normalized spacial score (nSPS) is 29.6. The van der Waals surface area contributed by atoms with Crippen LogP contribution in [0, 0.1) is 0 Å². The molecule has 2 aliphatic rings. The third-order valence-corrected chi connectivity index (χ3v) is 6.02. The summed E-state index contributed by atoms with van der Waals surface area (Å²) in [5.74, 6) is 0. The number of rotatable bonds is 3. The van der Waals surface area contributed by atoms with Crippen molar-refractivity contribution in [2.24, 2.45) is 5.73 Å². The summed E-state index contributed by atoms with van der Waals surface area (Å²) >= 11 is 0. The van der Waals surface area contributed by atoms with E-state index in [1.807, 2.05) is 7.05 Å². The van der Waals surface area contributed by atoms with Gasteiger partial charge in [-0.05, 0) is 19.9 Å². The molecule has 2 aliphatic heterocycles. The largest absolute Gasteiger partial charge is 0.329 e. The summed E-state index contributed by atoms with van der Waals surface area (Å²) in [7, 11) is -1.29. The van der Waals surface area contributed by atoms with E-state index in [9.17, 15) is 8.42 Å². The molecule has 0 spiro atoms. The number of hydrogen-bond donors (Lipinski definition) is 1. The standard InChI is InChI=1S/C11H24N4O2S/c1-13-6-8-14(9-7-13)18(16,17)15-5-3-2-4-11(15)10-12/h11H,2-10,12H2,1H3. The molecule has 106 valence electrons. The zero-order chi connectivity index (χ0) is 13.2. The minimum absolute atomic E-state index is 0.0107. The quantitative estimate of drug-likeness (QED) is 0.739. The number of nitrogens with two attached hydrogens (primary N) is 1. The van der Waals surface area contributed by atoms with E-state index < -0.39 is 10.2 Å². The first kappa shape index (κ1) is 14.2. The first-order chi connectivity index (χ1) is 8.55. The van der Waals surface area contributed by atoms with Crippen LogP contribution in [0.2, 0.25) is 0 Å². The van der Waals surface area contributed by atoms with E-state index in [-0.39, 0.29) is 6.04 Å². The molecule has 6 nitrogen and oxygen atoms in total. The van der Waals surface area contributed by atoms with Crippen molar-refractivity contribution < 1.29 is 8.42 Å². The Morgan fingerprint density at radius 3 is 2.39 bits per heavy atom. The van der Waals surface area contributed by atoms with Gasteiger partial charge in [0, 0.05) is 45.3 Å². The summed E-state index contributed by atoms with van der Waals surface area (Å²) in [6, 6.07) is -0.0107. The first-order valence-corrected chi connectivity index (χ1v) is 8.11. The molecule has 0 saturated carbocycles. The number of hydrogen-bond acceptors (Lipinski definition) is 4. The van der Waals surface area contributed by atoms with Crippen LogP contribution in [0.5, 0.6) is 0 Å². The van der Waals surface area contributed by atoms with Gasteiger partial charge in [-0.25, -0.2) is 0 Å². The van der Waals surface area contributed by atoms with Crippen LogP contribution in [0.25, 0.3) is 0 Å². The van der Waals surface area contributed by atoms with Gasteiger partial charge in [0.05, 0.1) is 0 Å². The molecule has 0 bridgehead atoms. The summed E-state index contributed by atoms with van der Waals surface area (Å²) in [5.41, 5.74) is 5.71. The maximum atomic E-state index is 12.6. The highest BCUT2D eigenvalue weighted by Crippen LogP contribution is 2.22. The third-order valence-electron chi connectivity index (χ3n) is 3.93. The lowest BCUT2D eigenvalue weighted by Gasteiger charge is -2.40. The van der Waals surface area contributed by atoms with Crippen LogP contribution in [0.1, 0.15) is 19.3 Å². The van der Waals surface area contributed by atoms with Crippen LogP contribution in [0.4, 0.5) is 0 Å². The van der Waals surface area contributed by atoms with Crippen LogP contribution in [-0.2, 0) is 10.2 Å². The van der Waals surface area contributed by atoms with E-state index in [2.05, 4.69) is 4.90 Å². The topological polar surface area (TPSA) is 69.9 Å². The highest BCUT2D eigenvalue weighted by molar-refractivity contribution is 7.86. The molecule has 1 atom stereocenters. The van der Waals surface area contributed by atoms with E-state index in [1.165, 1.54) is 0 Å². The van der Waals surface area contributed by atoms with Crippen LogP contribution >= 0.6 is 0 Å². The Bertz CT molecular complexity index is 365. The predicted octanol–water partition coefficient (Wildman–Crippen LogP) is -0.708. The van der Waals surface area contributed by atoms with Crippen LogP contribution in [0.15, 0.2) is 0 Å². The van der Waals surface area contributed by atoms with Crippen LogP contribution in [0.3, 0.4) is 0 Å². The molecule has 2 heterocycles. The van der Waals surface area contributed by atoms with Crippen molar-refractivity contribution in [1.82, 2.24) is 13.5 Å². The Morgan fingerprint density at radius 1 is 1.11 bits per heavy atom. The van der Waals surface area contributed by atoms with E-state index in [1.54, 1.807) is 8.61 Å². The van der Waals surface area contributed by atoms with Crippen molar-refractivity contribution in [3.05, 3.63) is 0 Å². The Morgan fingerprint density at radius 2 is 1.78 bits per heavy atom. The molecular formula is C11H24N4O2S. The molecule has 2 fully saturated rings. The average Bonchev–Trinajstić information content (AvgIpc) is 2.39. The lowest BCUT2D eigenvalue weighted by Crippen LogP contribution is -2.56. The van der Waals surface area contributed by atoms with Crippen molar-refractivity contribution in [3.8, 4) is 0 Å². The fourth-order valence-electron chi connectivity index (χ4n) is 2.68. The van der Waals surface area contributed by atoms with Crippen molar-refractivity contribution >= 4 is 10.2 Å². The van der Waals surface area contributed by atoms with Gasteiger partial charge in [-0.2, -0.15) is 17.0 Å². The van der Waals surface area contributed by atoms with Gasteiger partial charge in [-0.1, -0.05) is 6.42 Å². The molecule has 0 aliphatic carbocycles. The van der Waals surface area contributed by atoms with Gasteiger partial charge in [0.15, 0.2) is 0 Å². The maximum absolute atomic E-state index is 12.6. The molecule has 0 aromatic heterocycles. The molecule has 0 radical (unpaired) electrons. The molecule has 1 unspecified atom stereocenters. The van der Waals surface area contributed by atoms with Crippen molar-refractivity contribution in [2.75, 3.05) is 46.3 Å². The predicted molar refractivity (Wildman–Crippen MR) is 71.4 cm³/mol. The van der Waals surface area contributed by atoms with E-state index in [0.29, 0.717) is 26.2 Å². The number of likely N-dealkylation sites (N-methyl/N-ethyl adjacent to an activating group) is 1. The monoisotopic (exact) mass is 276 g/mol. The second-order valence-corrected chi connectivity index (χ2v) is 7.09. The highest BCUT2D eigenvalue weighted by Gasteiger charge is 2.36. The molecular weight excluding hydrogens is 252 g/mol. The van der Waals surface area contributed by atoms with Gasteiger partial charge in [-0.15, -0.1) is 0 Å². The molecule has 0 amide bonds. The van der Waals surface area contributed by atoms with Gasteiger partial charge in [0.25, 0.3) is 10.2 Å². The zero-order valence-corrected chi connectivity index (χ0v) is 11.9. The van der Waals surface area contributed by atoms with Gasteiger partial charge >= 0.3 is 0 Å². The van der Waals surface area contributed by atoms with Gasteiger partial charge < -0.3 is 10.6 Å². The molecule has 2 saturated heterocycles. The van der Waals surface area contributed by atoms with Gasteiger partial charge in [0.1, 0.15) is 0 Å². The van der Waals surface area contributed by atoms with Gasteiger partial charge in [0.2, 0.25) is 0 Å². The number of nitrogens with zero attached hydrogens (tertiary/aromatic N) is 3. The van der Waals surface area contributed by atoms with Crippen molar-refractivity contribution in [3.63, 3.8) is 0 Å². The van der Waals surface area contributed by atoms with Crippen molar-refractivity contribution in [2.45, 2.75) is 25.3 Å². The maximum Gasteiger partial charge on any atom is 0.282 e. The number of piperazine rings is 1. The Kier molecular flexibility index (Phi) is 4.60.